The zero-order valence-electron chi connectivity index (χ0n) is 13.3. The number of halogens is 2. The molecule has 3 rings (SSSR count). The first-order valence-corrected chi connectivity index (χ1v) is 8.33. The molecular formula is C18H15ClFN3OS. The maximum atomic E-state index is 13.2. The van der Waals surface area contributed by atoms with Crippen molar-refractivity contribution in [2.45, 2.75) is 13.0 Å². The van der Waals surface area contributed by atoms with Gasteiger partial charge in [0.05, 0.1) is 11.6 Å². The van der Waals surface area contributed by atoms with E-state index in [1.165, 1.54) is 12.1 Å². The fourth-order valence-electron chi connectivity index (χ4n) is 2.66. The van der Waals surface area contributed by atoms with Crippen molar-refractivity contribution in [3.63, 3.8) is 0 Å². The van der Waals surface area contributed by atoms with Crippen molar-refractivity contribution < 1.29 is 9.18 Å². The molecule has 0 radical (unpaired) electrons. The third kappa shape index (κ3) is 3.97. The number of benzene rings is 2. The number of hydrogen-bond acceptors (Lipinski definition) is 2. The molecule has 1 unspecified atom stereocenters. The van der Waals surface area contributed by atoms with Gasteiger partial charge in [-0.2, -0.15) is 0 Å². The maximum absolute atomic E-state index is 13.2. The minimum atomic E-state index is -0.478. The Balaban J connectivity index is 1.94. The van der Waals surface area contributed by atoms with Crippen molar-refractivity contribution in [2.75, 3.05) is 5.32 Å². The molecule has 0 aliphatic carbocycles. The summed E-state index contributed by atoms with van der Waals surface area (Å²) < 4.78 is 13.2. The van der Waals surface area contributed by atoms with Gasteiger partial charge < -0.3 is 16.0 Å². The van der Waals surface area contributed by atoms with Crippen molar-refractivity contribution in [1.29, 1.82) is 0 Å². The fraction of sp³-hybridized carbons (Fsp3) is 0.111. The van der Waals surface area contributed by atoms with Crippen LogP contribution in [-0.2, 0) is 4.79 Å². The Kier molecular flexibility index (Phi) is 5.01. The van der Waals surface area contributed by atoms with Gasteiger partial charge in [0.1, 0.15) is 5.82 Å². The third-order valence-electron chi connectivity index (χ3n) is 3.80. The highest BCUT2D eigenvalue weighted by atomic mass is 35.5. The summed E-state index contributed by atoms with van der Waals surface area (Å²) in [4.78, 5) is 12.8. The number of nitrogens with one attached hydrogen (secondary N) is 3. The summed E-state index contributed by atoms with van der Waals surface area (Å²) >= 11 is 11.2. The van der Waals surface area contributed by atoms with E-state index in [2.05, 4.69) is 16.0 Å². The van der Waals surface area contributed by atoms with Gasteiger partial charge in [-0.25, -0.2) is 4.39 Å². The van der Waals surface area contributed by atoms with Gasteiger partial charge in [-0.15, -0.1) is 0 Å². The van der Waals surface area contributed by atoms with E-state index in [1.807, 2.05) is 0 Å². The second-order valence-corrected chi connectivity index (χ2v) is 6.43. The third-order valence-corrected chi connectivity index (χ3v) is 4.25. The van der Waals surface area contributed by atoms with E-state index in [9.17, 15) is 9.18 Å². The van der Waals surface area contributed by atoms with Crippen molar-refractivity contribution >= 4 is 40.5 Å². The standard InChI is InChI=1S/C18H15ClFN3OS/c1-10-15(17(24)22-14-4-2-3-12(19)9-14)16(23-18(25)21-10)11-5-7-13(20)8-6-11/h2-9,16H,1H3,(H,22,24)(H2,21,23,25). The van der Waals surface area contributed by atoms with E-state index >= 15 is 0 Å². The van der Waals surface area contributed by atoms with E-state index in [4.69, 9.17) is 23.8 Å². The highest BCUT2D eigenvalue weighted by molar-refractivity contribution is 7.80. The largest absolute Gasteiger partial charge is 0.351 e. The summed E-state index contributed by atoms with van der Waals surface area (Å²) in [6, 6.07) is 12.4. The van der Waals surface area contributed by atoms with Crippen LogP contribution in [0.25, 0.3) is 0 Å². The topological polar surface area (TPSA) is 53.2 Å². The summed E-state index contributed by atoms with van der Waals surface area (Å²) in [7, 11) is 0. The lowest BCUT2D eigenvalue weighted by Gasteiger charge is -2.30. The van der Waals surface area contributed by atoms with E-state index in [1.54, 1.807) is 43.3 Å². The van der Waals surface area contributed by atoms with E-state index in [-0.39, 0.29) is 11.7 Å². The summed E-state index contributed by atoms with van der Waals surface area (Å²) in [5.41, 5.74) is 2.43. The molecule has 4 nitrogen and oxygen atoms in total. The number of thiocarbonyl (C=S) groups is 1. The Bertz CT molecular complexity index is 867. The quantitative estimate of drug-likeness (QED) is 0.712. The Morgan fingerprint density at radius 2 is 1.96 bits per heavy atom. The van der Waals surface area contributed by atoms with Gasteiger partial charge in [-0.3, -0.25) is 4.79 Å². The van der Waals surface area contributed by atoms with Crippen LogP contribution in [-0.4, -0.2) is 11.0 Å². The molecule has 1 heterocycles. The minimum absolute atomic E-state index is 0.295. The van der Waals surface area contributed by atoms with E-state index in [0.29, 0.717) is 27.1 Å². The first-order chi connectivity index (χ1) is 11.9. The van der Waals surface area contributed by atoms with Crippen LogP contribution in [0.1, 0.15) is 18.5 Å². The zero-order valence-corrected chi connectivity index (χ0v) is 14.8. The van der Waals surface area contributed by atoms with E-state index in [0.717, 1.165) is 5.56 Å². The molecule has 1 aliphatic rings. The molecule has 0 fully saturated rings. The maximum Gasteiger partial charge on any atom is 0.255 e. The second kappa shape index (κ2) is 7.21. The Hall–Kier alpha value is -2.44. The van der Waals surface area contributed by atoms with Crippen LogP contribution in [0.4, 0.5) is 10.1 Å². The molecule has 0 spiro atoms. The summed E-state index contributed by atoms with van der Waals surface area (Å²) in [5.74, 6) is -0.637. The molecule has 0 aromatic heterocycles. The van der Waals surface area contributed by atoms with Crippen molar-refractivity contribution in [3.8, 4) is 0 Å². The smallest absolute Gasteiger partial charge is 0.255 e. The van der Waals surface area contributed by atoms with Gasteiger partial charge in [0.2, 0.25) is 0 Å². The van der Waals surface area contributed by atoms with Gasteiger partial charge in [-0.1, -0.05) is 29.8 Å². The predicted molar refractivity (Wildman–Crippen MR) is 101 cm³/mol. The van der Waals surface area contributed by atoms with Crippen molar-refractivity contribution in [3.05, 3.63) is 76.2 Å². The van der Waals surface area contributed by atoms with Gasteiger partial charge >= 0.3 is 0 Å². The van der Waals surface area contributed by atoms with Crippen molar-refractivity contribution in [1.82, 2.24) is 10.6 Å². The second-order valence-electron chi connectivity index (χ2n) is 5.59. The van der Waals surface area contributed by atoms with Crippen LogP contribution < -0.4 is 16.0 Å². The molecule has 0 saturated carbocycles. The number of carbonyl (C=O) groups is 1. The van der Waals surface area contributed by atoms with Crippen LogP contribution in [0.15, 0.2) is 59.8 Å². The van der Waals surface area contributed by atoms with Gasteiger partial charge in [-0.05, 0) is 55.0 Å². The molecule has 128 valence electrons. The SMILES string of the molecule is CC1=C(C(=O)Nc2cccc(Cl)c2)C(c2ccc(F)cc2)NC(=S)N1. The molecule has 25 heavy (non-hydrogen) atoms. The average Bonchev–Trinajstić information content (AvgIpc) is 2.54. The number of amides is 1. The number of hydrogen-bond donors (Lipinski definition) is 3. The van der Waals surface area contributed by atoms with Gasteiger partial charge in [0.25, 0.3) is 5.91 Å². The number of rotatable bonds is 3. The van der Waals surface area contributed by atoms with Gasteiger partial charge in [0, 0.05) is 16.4 Å². The summed E-state index contributed by atoms with van der Waals surface area (Å²) in [6.07, 6.45) is 0. The molecule has 3 N–H and O–H groups in total. The van der Waals surface area contributed by atoms with Gasteiger partial charge in [0.15, 0.2) is 5.11 Å². The molecule has 0 bridgehead atoms. The molecule has 1 aliphatic heterocycles. The van der Waals surface area contributed by atoms with Crippen LogP contribution >= 0.6 is 23.8 Å². The fourth-order valence-corrected chi connectivity index (χ4v) is 3.13. The van der Waals surface area contributed by atoms with Crippen LogP contribution in [0.2, 0.25) is 5.02 Å². The number of allylic oxidation sites excluding steroid dienone is 1. The zero-order chi connectivity index (χ0) is 18.0. The molecule has 2 aromatic carbocycles. The van der Waals surface area contributed by atoms with Crippen LogP contribution in [0.3, 0.4) is 0 Å². The lowest BCUT2D eigenvalue weighted by molar-refractivity contribution is -0.113. The predicted octanol–water partition coefficient (Wildman–Crippen LogP) is 3.91. The highest BCUT2D eigenvalue weighted by Crippen LogP contribution is 2.28. The Morgan fingerprint density at radius 3 is 2.64 bits per heavy atom. The summed E-state index contributed by atoms with van der Waals surface area (Å²) in [6.45, 7) is 1.77. The number of anilines is 1. The molecular weight excluding hydrogens is 361 g/mol. The Labute approximate surface area is 155 Å². The Morgan fingerprint density at radius 1 is 1.24 bits per heavy atom. The van der Waals surface area contributed by atoms with E-state index < -0.39 is 6.04 Å². The molecule has 1 atom stereocenters. The lowest BCUT2D eigenvalue weighted by atomic mass is 9.95. The van der Waals surface area contributed by atoms with Crippen LogP contribution in [0.5, 0.6) is 0 Å². The van der Waals surface area contributed by atoms with Crippen molar-refractivity contribution in [2.24, 2.45) is 0 Å². The molecule has 7 heteroatoms. The molecule has 0 saturated heterocycles. The molecule has 2 aromatic rings. The summed E-state index contributed by atoms with van der Waals surface area (Å²) in [5, 5.41) is 9.79. The first kappa shape index (κ1) is 17.4. The normalized spacial score (nSPS) is 16.9. The average molecular weight is 376 g/mol. The molecule has 1 amide bonds. The monoisotopic (exact) mass is 375 g/mol. The number of carbonyl (C=O) groups excluding carboxylic acids is 1. The van der Waals surface area contributed by atoms with Crippen LogP contribution in [0, 0.1) is 5.82 Å². The highest BCUT2D eigenvalue weighted by Gasteiger charge is 2.29. The first-order valence-electron chi connectivity index (χ1n) is 7.54. The minimum Gasteiger partial charge on any atom is -0.351 e. The lowest BCUT2D eigenvalue weighted by Crippen LogP contribution is -2.45.